The number of nitrogens with one attached hydrogen (secondary N) is 1. The van der Waals surface area contributed by atoms with Gasteiger partial charge < -0.3 is 14.8 Å². The van der Waals surface area contributed by atoms with Gasteiger partial charge in [0.25, 0.3) is 0 Å². The first-order chi connectivity index (χ1) is 15.1. The average molecular weight is 436 g/mol. The quantitative estimate of drug-likeness (QED) is 0.658. The van der Waals surface area contributed by atoms with Gasteiger partial charge in [-0.15, -0.1) is 0 Å². The number of anilines is 2. The molecule has 160 valence electrons. The number of rotatable bonds is 3. The number of benzene rings is 1. The number of pyridine rings is 1. The fourth-order valence-corrected chi connectivity index (χ4v) is 4.83. The molecule has 4 heterocycles. The zero-order valence-electron chi connectivity index (χ0n) is 17.6. The minimum absolute atomic E-state index is 0.0131. The molecule has 0 radical (unpaired) electrons. The molecule has 1 saturated heterocycles. The zero-order valence-corrected chi connectivity index (χ0v) is 18.4. The summed E-state index contributed by atoms with van der Waals surface area (Å²) in [5.41, 5.74) is 3.90. The Hall–Kier alpha value is -2.86. The highest BCUT2D eigenvalue weighted by Gasteiger charge is 2.33. The smallest absolute Gasteiger partial charge is 0.230 e. The van der Waals surface area contributed by atoms with Gasteiger partial charge in [0, 0.05) is 55.2 Å². The largest absolute Gasteiger partial charge is 0.357 e. The molecule has 0 bridgehead atoms. The van der Waals surface area contributed by atoms with E-state index in [2.05, 4.69) is 21.8 Å². The lowest BCUT2D eigenvalue weighted by Crippen LogP contribution is -2.43. The maximum Gasteiger partial charge on any atom is 0.230 e. The molecular weight excluding hydrogens is 410 g/mol. The molecule has 1 fully saturated rings. The molecule has 2 aliphatic heterocycles. The van der Waals surface area contributed by atoms with E-state index >= 15 is 0 Å². The Balaban J connectivity index is 1.39. The van der Waals surface area contributed by atoms with Gasteiger partial charge in [-0.05, 0) is 43.2 Å². The number of carbonyl (C=O) groups excluding carboxylic acids is 1. The Labute approximate surface area is 187 Å². The second-order valence-corrected chi connectivity index (χ2v) is 8.65. The Morgan fingerprint density at radius 1 is 1.19 bits per heavy atom. The number of piperidine rings is 1. The predicted octanol–water partition coefficient (Wildman–Crippen LogP) is 4.49. The van der Waals surface area contributed by atoms with Crippen LogP contribution in [-0.2, 0) is 17.6 Å². The van der Waals surface area contributed by atoms with Crippen LogP contribution in [0.4, 0.5) is 11.5 Å². The second-order valence-electron chi connectivity index (χ2n) is 8.21. The fraction of sp³-hybridized carbons (Fsp3) is 0.375. The molecule has 0 aliphatic carbocycles. The fourth-order valence-electron chi connectivity index (χ4n) is 4.66. The Bertz CT molecular complexity index is 1090. The monoisotopic (exact) mass is 435 g/mol. The van der Waals surface area contributed by atoms with Gasteiger partial charge in [-0.2, -0.15) is 0 Å². The van der Waals surface area contributed by atoms with Gasteiger partial charge in [0.1, 0.15) is 11.6 Å². The number of amides is 1. The third-order valence-corrected chi connectivity index (χ3v) is 6.57. The highest BCUT2D eigenvalue weighted by atomic mass is 35.5. The number of hydrogen-bond acceptors (Lipinski definition) is 4. The first-order valence-corrected chi connectivity index (χ1v) is 11.4. The summed E-state index contributed by atoms with van der Waals surface area (Å²) >= 11 is 6.34. The van der Waals surface area contributed by atoms with Crippen LogP contribution in [0.3, 0.4) is 0 Å². The Morgan fingerprint density at radius 3 is 2.77 bits per heavy atom. The van der Waals surface area contributed by atoms with Crippen LogP contribution >= 0.6 is 11.6 Å². The number of hydrogen-bond donors (Lipinski definition) is 1. The molecule has 1 aromatic carbocycles. The van der Waals surface area contributed by atoms with Crippen molar-refractivity contribution >= 4 is 29.0 Å². The van der Waals surface area contributed by atoms with Crippen molar-refractivity contribution in [2.75, 3.05) is 29.4 Å². The van der Waals surface area contributed by atoms with E-state index in [9.17, 15) is 4.79 Å². The Morgan fingerprint density at radius 2 is 2.03 bits per heavy atom. The van der Waals surface area contributed by atoms with Crippen LogP contribution in [0.5, 0.6) is 0 Å². The lowest BCUT2D eigenvalue weighted by Gasteiger charge is -2.35. The van der Waals surface area contributed by atoms with E-state index in [1.165, 1.54) is 0 Å². The second kappa shape index (κ2) is 8.35. The maximum absolute atomic E-state index is 13.6. The van der Waals surface area contributed by atoms with Crippen LogP contribution < -0.4 is 9.80 Å². The third-order valence-electron chi connectivity index (χ3n) is 6.34. The summed E-state index contributed by atoms with van der Waals surface area (Å²) in [6, 6.07) is 11.7. The molecule has 3 aromatic rings. The van der Waals surface area contributed by atoms with Gasteiger partial charge in [-0.1, -0.05) is 24.6 Å². The normalized spacial score (nSPS) is 16.6. The van der Waals surface area contributed by atoms with Crippen LogP contribution in [0, 0.1) is 5.92 Å². The third kappa shape index (κ3) is 3.81. The number of carbonyl (C=O) groups is 1. The first kappa shape index (κ1) is 20.1. The van der Waals surface area contributed by atoms with E-state index in [0.29, 0.717) is 11.6 Å². The highest BCUT2D eigenvalue weighted by Crippen LogP contribution is 2.38. The summed E-state index contributed by atoms with van der Waals surface area (Å²) in [7, 11) is 0. The van der Waals surface area contributed by atoms with E-state index in [4.69, 9.17) is 16.6 Å². The Kier molecular flexibility index (Phi) is 5.40. The number of H-pyrrole nitrogens is 1. The average Bonchev–Trinajstić information content (AvgIpc) is 3.17. The van der Waals surface area contributed by atoms with Crippen molar-refractivity contribution in [3.63, 3.8) is 0 Å². The van der Waals surface area contributed by atoms with Gasteiger partial charge in [0.15, 0.2) is 0 Å². The topological polar surface area (TPSA) is 65.1 Å². The van der Waals surface area contributed by atoms with Crippen LogP contribution in [0.2, 0.25) is 5.02 Å². The van der Waals surface area contributed by atoms with Crippen LogP contribution in [-0.4, -0.2) is 40.5 Å². The lowest BCUT2D eigenvalue weighted by atomic mass is 9.94. The molecular formula is C24H26ClN5O. The summed E-state index contributed by atoms with van der Waals surface area (Å²) < 4.78 is 0. The molecule has 7 heteroatoms. The summed E-state index contributed by atoms with van der Waals surface area (Å²) in [6.07, 6.45) is 5.06. The molecule has 0 unspecified atom stereocenters. The molecule has 5 rings (SSSR count). The molecule has 2 aliphatic rings. The molecule has 6 nitrogen and oxygen atoms in total. The first-order valence-electron chi connectivity index (χ1n) is 11.0. The zero-order chi connectivity index (χ0) is 21.4. The number of aromatic nitrogens is 3. The van der Waals surface area contributed by atoms with Crippen molar-refractivity contribution in [2.45, 2.75) is 32.6 Å². The number of fused-ring (bicyclic) bond motifs is 3. The van der Waals surface area contributed by atoms with Gasteiger partial charge >= 0.3 is 0 Å². The van der Waals surface area contributed by atoms with Gasteiger partial charge in [0.2, 0.25) is 5.91 Å². The van der Waals surface area contributed by atoms with Crippen LogP contribution in [0.25, 0.3) is 11.3 Å². The number of halogens is 1. The van der Waals surface area contributed by atoms with Crippen LogP contribution in [0.1, 0.15) is 31.3 Å². The van der Waals surface area contributed by atoms with Crippen molar-refractivity contribution in [1.82, 2.24) is 15.0 Å². The van der Waals surface area contributed by atoms with Crippen molar-refractivity contribution in [2.24, 2.45) is 5.92 Å². The predicted molar refractivity (Wildman–Crippen MR) is 124 cm³/mol. The van der Waals surface area contributed by atoms with Crippen molar-refractivity contribution < 1.29 is 4.79 Å². The minimum Gasteiger partial charge on any atom is -0.357 e. The SMILES string of the molecule is CCc1nc2c([nH]1)-c1cc(Cl)ccc1N(C(=O)C1CCN(c3ccccn3)CC1)CC2. The van der Waals surface area contributed by atoms with Crippen LogP contribution in [0.15, 0.2) is 42.6 Å². The number of imidazole rings is 1. The van der Waals surface area contributed by atoms with E-state index in [1.807, 2.05) is 47.5 Å². The molecule has 1 amide bonds. The van der Waals surface area contributed by atoms with E-state index < -0.39 is 0 Å². The number of aromatic amines is 1. The summed E-state index contributed by atoms with van der Waals surface area (Å²) in [5, 5.41) is 0.662. The molecule has 2 aromatic heterocycles. The van der Waals surface area contributed by atoms with Crippen molar-refractivity contribution in [3.05, 3.63) is 59.1 Å². The molecule has 0 atom stereocenters. The molecule has 0 spiro atoms. The van der Waals surface area contributed by atoms with Gasteiger partial charge in [-0.25, -0.2) is 9.97 Å². The maximum atomic E-state index is 13.6. The van der Waals surface area contributed by atoms with Crippen molar-refractivity contribution in [3.8, 4) is 11.3 Å². The van der Waals surface area contributed by atoms with E-state index in [-0.39, 0.29) is 11.8 Å². The molecule has 31 heavy (non-hydrogen) atoms. The number of nitrogens with zero attached hydrogens (tertiary/aromatic N) is 4. The van der Waals surface area contributed by atoms with E-state index in [1.54, 1.807) is 0 Å². The molecule has 1 N–H and O–H groups in total. The van der Waals surface area contributed by atoms with Gasteiger partial charge in [0.05, 0.1) is 17.1 Å². The van der Waals surface area contributed by atoms with Gasteiger partial charge in [-0.3, -0.25) is 4.79 Å². The standard InChI is InChI=1S/C24H26ClN5O/c1-2-21-27-19-10-14-30(20-7-6-17(25)15-18(20)23(19)28-21)24(31)16-8-12-29(13-9-16)22-5-3-4-11-26-22/h3-7,11,15-16H,2,8-10,12-14H2,1H3,(H,27,28). The van der Waals surface area contributed by atoms with Crippen molar-refractivity contribution in [1.29, 1.82) is 0 Å². The molecule has 0 saturated carbocycles. The number of aryl methyl sites for hydroxylation is 1. The highest BCUT2D eigenvalue weighted by molar-refractivity contribution is 6.31. The summed E-state index contributed by atoms with van der Waals surface area (Å²) in [5.74, 6) is 2.17. The lowest BCUT2D eigenvalue weighted by molar-refractivity contribution is -0.123. The minimum atomic E-state index is 0.0131. The van der Waals surface area contributed by atoms with E-state index in [0.717, 1.165) is 73.1 Å². The summed E-state index contributed by atoms with van der Waals surface area (Å²) in [6.45, 7) is 4.41. The summed E-state index contributed by atoms with van der Waals surface area (Å²) in [4.78, 5) is 30.5.